The van der Waals surface area contributed by atoms with Gasteiger partial charge in [-0.05, 0) is 24.5 Å². The maximum absolute atomic E-state index is 11.7. The van der Waals surface area contributed by atoms with Gasteiger partial charge in [0.25, 0.3) is 0 Å². The molecule has 1 aromatic carbocycles. The summed E-state index contributed by atoms with van der Waals surface area (Å²) in [6, 6.07) is 8.04. The maximum atomic E-state index is 11.7. The van der Waals surface area contributed by atoms with Crippen molar-refractivity contribution >= 4 is 23.5 Å². The number of carbonyl (C=O) groups is 1. The van der Waals surface area contributed by atoms with Crippen LogP contribution in [0.3, 0.4) is 0 Å². The van der Waals surface area contributed by atoms with Gasteiger partial charge in [-0.3, -0.25) is 9.79 Å². The van der Waals surface area contributed by atoms with Gasteiger partial charge in [0.1, 0.15) is 11.9 Å². The van der Waals surface area contributed by atoms with Gasteiger partial charge < -0.3 is 5.32 Å². The van der Waals surface area contributed by atoms with E-state index in [0.29, 0.717) is 0 Å². The van der Waals surface area contributed by atoms with Gasteiger partial charge in [-0.2, -0.15) is 0 Å². The summed E-state index contributed by atoms with van der Waals surface area (Å²) in [4.78, 5) is 17.4. The molecule has 18 heavy (non-hydrogen) atoms. The van der Waals surface area contributed by atoms with E-state index in [1.165, 1.54) is 10.5 Å². The molecule has 1 N–H and O–H groups in total. The highest BCUT2D eigenvalue weighted by Crippen LogP contribution is 2.23. The highest BCUT2D eigenvalue weighted by atomic mass is 32.2. The minimum Gasteiger partial charge on any atom is -0.312 e. The highest BCUT2D eigenvalue weighted by molar-refractivity contribution is 8.00. The third-order valence-electron chi connectivity index (χ3n) is 2.92. The Hall–Kier alpha value is -1.29. The number of nitrogens with one attached hydrogen (secondary N) is 1. The summed E-state index contributed by atoms with van der Waals surface area (Å²) in [5, 5.41) is 2.87. The molecule has 0 aromatic heterocycles. The molecule has 4 heteroatoms. The average molecular weight is 262 g/mol. The number of thioether (sulfide) groups is 1. The van der Waals surface area contributed by atoms with Crippen LogP contribution in [-0.2, 0) is 4.79 Å². The maximum Gasteiger partial charge on any atom is 0.250 e. The number of carbonyl (C=O) groups excluding carboxylic acids is 1. The molecule has 1 amide bonds. The van der Waals surface area contributed by atoms with Crippen LogP contribution in [0, 0.1) is 12.8 Å². The van der Waals surface area contributed by atoms with Crippen molar-refractivity contribution in [3.8, 4) is 0 Å². The molecule has 0 saturated heterocycles. The van der Waals surface area contributed by atoms with Gasteiger partial charge in [0.05, 0.1) is 5.75 Å². The van der Waals surface area contributed by atoms with Gasteiger partial charge in [-0.1, -0.05) is 32.0 Å². The molecule has 1 aliphatic heterocycles. The molecule has 0 fully saturated rings. The Labute approximate surface area is 112 Å². The van der Waals surface area contributed by atoms with Gasteiger partial charge in [0.15, 0.2) is 0 Å². The first-order chi connectivity index (χ1) is 8.58. The first kappa shape index (κ1) is 13.1. The number of hydrogen-bond donors (Lipinski definition) is 1. The second-order valence-electron chi connectivity index (χ2n) is 4.81. The standard InChI is InChI=1S/C14H18N2OS/c1-9(2)13-14(17)16-12(15-13)8-18-11-7-5-4-6-10(11)3/h4-7,9,13H,8H2,1-3H3,(H,15,16,17). The summed E-state index contributed by atoms with van der Waals surface area (Å²) < 4.78 is 0. The van der Waals surface area contributed by atoms with E-state index < -0.39 is 0 Å². The summed E-state index contributed by atoms with van der Waals surface area (Å²) in [5.74, 6) is 1.81. The van der Waals surface area contributed by atoms with Gasteiger partial charge in [0, 0.05) is 4.90 Å². The number of rotatable bonds is 4. The molecule has 1 aromatic rings. The summed E-state index contributed by atoms with van der Waals surface area (Å²) in [6.07, 6.45) is 0. The minimum atomic E-state index is -0.211. The van der Waals surface area contributed by atoms with E-state index in [4.69, 9.17) is 0 Å². The molecule has 3 nitrogen and oxygen atoms in total. The zero-order chi connectivity index (χ0) is 13.1. The highest BCUT2D eigenvalue weighted by Gasteiger charge is 2.28. The molecule has 0 bridgehead atoms. The van der Waals surface area contributed by atoms with Crippen LogP contribution in [-0.4, -0.2) is 23.5 Å². The van der Waals surface area contributed by atoms with Crippen LogP contribution in [0.4, 0.5) is 0 Å². The second-order valence-corrected chi connectivity index (χ2v) is 5.83. The fraction of sp³-hybridized carbons (Fsp3) is 0.429. The zero-order valence-electron chi connectivity index (χ0n) is 10.9. The molecular weight excluding hydrogens is 244 g/mol. The predicted molar refractivity (Wildman–Crippen MR) is 76.1 cm³/mol. The quantitative estimate of drug-likeness (QED) is 0.848. The Kier molecular flexibility index (Phi) is 4.07. The molecule has 0 aliphatic carbocycles. The van der Waals surface area contributed by atoms with Crippen LogP contribution in [0.1, 0.15) is 19.4 Å². The zero-order valence-corrected chi connectivity index (χ0v) is 11.8. The summed E-state index contributed by atoms with van der Waals surface area (Å²) in [6.45, 7) is 6.13. The summed E-state index contributed by atoms with van der Waals surface area (Å²) in [5.41, 5.74) is 1.26. The first-order valence-electron chi connectivity index (χ1n) is 6.14. The van der Waals surface area contributed by atoms with Crippen molar-refractivity contribution in [2.75, 3.05) is 5.75 Å². The molecule has 1 heterocycles. The number of benzene rings is 1. The average Bonchev–Trinajstić information content (AvgIpc) is 2.70. The van der Waals surface area contributed by atoms with Crippen LogP contribution < -0.4 is 5.32 Å². The first-order valence-corrected chi connectivity index (χ1v) is 7.12. The molecule has 2 rings (SSSR count). The van der Waals surface area contributed by atoms with Crippen molar-refractivity contribution in [1.29, 1.82) is 0 Å². The monoisotopic (exact) mass is 262 g/mol. The number of amides is 1. The van der Waals surface area contributed by atoms with E-state index in [1.54, 1.807) is 11.8 Å². The molecule has 0 spiro atoms. The number of hydrogen-bond acceptors (Lipinski definition) is 3. The lowest BCUT2D eigenvalue weighted by atomic mass is 10.1. The molecule has 1 unspecified atom stereocenters. The summed E-state index contributed by atoms with van der Waals surface area (Å²) in [7, 11) is 0. The van der Waals surface area contributed by atoms with Crippen molar-refractivity contribution in [3.05, 3.63) is 29.8 Å². The Bertz CT molecular complexity index is 482. The van der Waals surface area contributed by atoms with E-state index in [1.807, 2.05) is 26.0 Å². The van der Waals surface area contributed by atoms with Gasteiger partial charge in [-0.15, -0.1) is 11.8 Å². The van der Waals surface area contributed by atoms with Crippen LogP contribution in [0.25, 0.3) is 0 Å². The molecule has 1 atom stereocenters. The van der Waals surface area contributed by atoms with Gasteiger partial charge in [-0.25, -0.2) is 0 Å². The molecule has 96 valence electrons. The molecule has 1 aliphatic rings. The molecule has 0 saturated carbocycles. The van der Waals surface area contributed by atoms with Crippen molar-refractivity contribution < 1.29 is 4.79 Å². The smallest absolute Gasteiger partial charge is 0.250 e. The van der Waals surface area contributed by atoms with Crippen LogP contribution >= 0.6 is 11.8 Å². The number of aryl methyl sites for hydroxylation is 1. The Morgan fingerprint density at radius 2 is 2.11 bits per heavy atom. The van der Waals surface area contributed by atoms with E-state index in [2.05, 4.69) is 29.4 Å². The lowest BCUT2D eigenvalue weighted by molar-refractivity contribution is -0.120. The molecule has 0 radical (unpaired) electrons. The van der Waals surface area contributed by atoms with Crippen LogP contribution in [0.2, 0.25) is 0 Å². The third kappa shape index (κ3) is 2.93. The Morgan fingerprint density at radius 1 is 1.39 bits per heavy atom. The Balaban J connectivity index is 1.98. The molecular formula is C14H18N2OS. The number of amidine groups is 1. The van der Waals surface area contributed by atoms with Crippen molar-refractivity contribution in [2.24, 2.45) is 10.9 Å². The number of aliphatic imine (C=N–C) groups is 1. The third-order valence-corrected chi connectivity index (χ3v) is 4.11. The van der Waals surface area contributed by atoms with E-state index in [-0.39, 0.29) is 17.9 Å². The topological polar surface area (TPSA) is 41.5 Å². The lowest BCUT2D eigenvalue weighted by Crippen LogP contribution is -2.31. The number of nitrogens with zero attached hydrogens (tertiary/aromatic N) is 1. The largest absolute Gasteiger partial charge is 0.312 e. The predicted octanol–water partition coefficient (Wildman–Crippen LogP) is 2.64. The minimum absolute atomic E-state index is 0.0328. The van der Waals surface area contributed by atoms with Crippen molar-refractivity contribution in [1.82, 2.24) is 5.32 Å². The van der Waals surface area contributed by atoms with E-state index in [9.17, 15) is 4.79 Å². The second kappa shape index (κ2) is 5.57. The van der Waals surface area contributed by atoms with Crippen molar-refractivity contribution in [3.63, 3.8) is 0 Å². The normalized spacial score (nSPS) is 19.0. The Morgan fingerprint density at radius 3 is 2.72 bits per heavy atom. The van der Waals surface area contributed by atoms with E-state index >= 15 is 0 Å². The van der Waals surface area contributed by atoms with Crippen molar-refractivity contribution in [2.45, 2.75) is 31.7 Å². The van der Waals surface area contributed by atoms with Crippen LogP contribution in [0.15, 0.2) is 34.2 Å². The lowest BCUT2D eigenvalue weighted by Gasteiger charge is -2.06. The van der Waals surface area contributed by atoms with Gasteiger partial charge >= 0.3 is 0 Å². The SMILES string of the molecule is Cc1ccccc1SCC1=NC(C(C)C)C(=O)N1. The fourth-order valence-corrected chi connectivity index (χ4v) is 2.77. The van der Waals surface area contributed by atoms with Gasteiger partial charge in [0.2, 0.25) is 5.91 Å². The summed E-state index contributed by atoms with van der Waals surface area (Å²) >= 11 is 1.71. The van der Waals surface area contributed by atoms with Crippen LogP contribution in [0.5, 0.6) is 0 Å². The van der Waals surface area contributed by atoms with E-state index in [0.717, 1.165) is 11.6 Å². The fourth-order valence-electron chi connectivity index (χ4n) is 1.86.